The third-order valence-electron chi connectivity index (χ3n) is 5.97. The Hall–Kier alpha value is -1.86. The number of nitrogens with one attached hydrogen (secondary N) is 1. The van der Waals surface area contributed by atoms with Crippen LogP contribution in [0.4, 0.5) is 0 Å². The molecule has 0 atom stereocenters. The second-order valence-electron chi connectivity index (χ2n) is 9.66. The summed E-state index contributed by atoms with van der Waals surface area (Å²) < 4.78 is 7.09. The molecule has 0 bridgehead atoms. The zero-order chi connectivity index (χ0) is 23.1. The van der Waals surface area contributed by atoms with Crippen molar-refractivity contribution in [2.24, 2.45) is 5.92 Å². The Morgan fingerprint density at radius 2 is 1.77 bits per heavy atom. The molecule has 1 saturated carbocycles. The lowest BCUT2D eigenvalue weighted by Gasteiger charge is -2.37. The van der Waals surface area contributed by atoms with Crippen LogP contribution in [0.25, 0.3) is 0 Å². The number of carbonyl (C=O) groups excluding carboxylic acids is 4. The Kier molecular flexibility index (Phi) is 6.59. The normalized spacial score (nSPS) is 23.2. The van der Waals surface area contributed by atoms with Crippen molar-refractivity contribution in [3.8, 4) is 0 Å². The van der Waals surface area contributed by atoms with E-state index in [2.05, 4.69) is 5.32 Å². The summed E-state index contributed by atoms with van der Waals surface area (Å²) in [7, 11) is 0. The van der Waals surface area contributed by atoms with Crippen molar-refractivity contribution in [2.45, 2.75) is 83.9 Å². The van der Waals surface area contributed by atoms with Gasteiger partial charge in [-0.1, -0.05) is 11.6 Å². The van der Waals surface area contributed by atoms with Gasteiger partial charge in [0.25, 0.3) is 16.9 Å². The second kappa shape index (κ2) is 8.58. The molecule has 0 aromatic carbocycles. The molecule has 1 fully saturated rings. The molecule has 170 valence electrons. The average molecular weight is 471 g/mol. The lowest BCUT2D eigenvalue weighted by atomic mass is 9.77. The van der Waals surface area contributed by atoms with Gasteiger partial charge in [-0.05, 0) is 77.8 Å². The summed E-state index contributed by atoms with van der Waals surface area (Å²) in [5.41, 5.74) is -0.435. The molecule has 1 aromatic rings. The number of carbonyl (C=O) groups is 4. The van der Waals surface area contributed by atoms with Gasteiger partial charge in [-0.3, -0.25) is 19.2 Å². The van der Waals surface area contributed by atoms with E-state index in [1.165, 1.54) is 0 Å². The molecule has 2 aliphatic rings. The van der Waals surface area contributed by atoms with Crippen molar-refractivity contribution in [3.63, 3.8) is 0 Å². The highest BCUT2D eigenvalue weighted by atomic mass is 35.5. The molecule has 0 radical (unpaired) electrons. The van der Waals surface area contributed by atoms with Crippen LogP contribution in [-0.2, 0) is 27.3 Å². The first-order chi connectivity index (χ1) is 14.3. The monoisotopic (exact) mass is 470 g/mol. The van der Waals surface area contributed by atoms with Crippen molar-refractivity contribution in [1.82, 2.24) is 9.88 Å². The SMILES string of the molecule is CC1(NC(=O)C(=O)c2c(Cl)c(C(=O)Cl)c3n2CCC3)CCC(C(=O)OC(C)(C)C)CC1. The summed E-state index contributed by atoms with van der Waals surface area (Å²) in [5.74, 6) is -2.01. The first-order valence-electron chi connectivity index (χ1n) is 10.5. The average Bonchev–Trinajstić information content (AvgIpc) is 3.18. The molecular weight excluding hydrogens is 443 g/mol. The van der Waals surface area contributed by atoms with Crippen LogP contribution in [0.15, 0.2) is 0 Å². The van der Waals surface area contributed by atoms with Crippen LogP contribution in [0.1, 0.15) is 86.3 Å². The number of Topliss-reactive ketones (excluding diaryl/α,β-unsaturated/α-hetero) is 1. The minimum atomic E-state index is -0.784. The van der Waals surface area contributed by atoms with Crippen LogP contribution >= 0.6 is 23.2 Å². The third-order valence-corrected chi connectivity index (χ3v) is 6.53. The predicted octanol–water partition coefficient (Wildman–Crippen LogP) is 4.06. The van der Waals surface area contributed by atoms with E-state index in [1.807, 2.05) is 27.7 Å². The molecule has 9 heteroatoms. The smallest absolute Gasteiger partial charge is 0.309 e. The van der Waals surface area contributed by atoms with Crippen LogP contribution in [0.3, 0.4) is 0 Å². The number of ketones is 1. The first-order valence-corrected chi connectivity index (χ1v) is 11.3. The molecule has 7 nitrogen and oxygen atoms in total. The van der Waals surface area contributed by atoms with Gasteiger partial charge in [0.15, 0.2) is 0 Å². The maximum Gasteiger partial charge on any atom is 0.309 e. The van der Waals surface area contributed by atoms with Crippen molar-refractivity contribution < 1.29 is 23.9 Å². The number of rotatable bonds is 5. The number of amides is 1. The molecule has 1 amide bonds. The van der Waals surface area contributed by atoms with Gasteiger partial charge in [-0.15, -0.1) is 0 Å². The van der Waals surface area contributed by atoms with Gasteiger partial charge in [-0.25, -0.2) is 0 Å². The second-order valence-corrected chi connectivity index (χ2v) is 10.4. The Balaban J connectivity index is 1.69. The van der Waals surface area contributed by atoms with Crippen LogP contribution < -0.4 is 5.32 Å². The topological polar surface area (TPSA) is 94.5 Å². The van der Waals surface area contributed by atoms with Crippen LogP contribution in [-0.4, -0.2) is 38.6 Å². The van der Waals surface area contributed by atoms with E-state index in [4.69, 9.17) is 27.9 Å². The molecule has 0 saturated heterocycles. The van der Waals surface area contributed by atoms with Gasteiger partial charge in [0, 0.05) is 17.8 Å². The number of hydrogen-bond acceptors (Lipinski definition) is 5. The summed E-state index contributed by atoms with van der Waals surface area (Å²) in [5, 5.41) is 2.03. The molecule has 0 unspecified atom stereocenters. The van der Waals surface area contributed by atoms with Gasteiger partial charge in [0.1, 0.15) is 11.3 Å². The van der Waals surface area contributed by atoms with Gasteiger partial charge in [-0.2, -0.15) is 0 Å². The lowest BCUT2D eigenvalue weighted by Crippen LogP contribution is -2.51. The predicted molar refractivity (Wildman–Crippen MR) is 117 cm³/mol. The van der Waals surface area contributed by atoms with Crippen molar-refractivity contribution >= 4 is 46.1 Å². The number of aromatic nitrogens is 1. The standard InChI is InChI=1S/C22H28Cl2N2O5/c1-21(2,3)31-20(30)12-7-9-22(4,10-8-12)25-19(29)17(27)16-15(23)14(18(24)28)13-6-5-11-26(13)16/h12H,5-11H2,1-4H3,(H,25,29). The number of nitrogens with zero attached hydrogens (tertiary/aromatic N) is 1. The molecule has 31 heavy (non-hydrogen) atoms. The highest BCUT2D eigenvalue weighted by Crippen LogP contribution is 2.36. The number of fused-ring (bicyclic) bond motifs is 1. The first kappa shape index (κ1) is 23.8. The molecule has 1 aromatic heterocycles. The van der Waals surface area contributed by atoms with Crippen LogP contribution in [0.5, 0.6) is 0 Å². The molecule has 3 rings (SSSR count). The van der Waals surface area contributed by atoms with Gasteiger partial charge in [0.05, 0.1) is 16.5 Å². The highest BCUT2D eigenvalue weighted by molar-refractivity contribution is 6.69. The van der Waals surface area contributed by atoms with E-state index >= 15 is 0 Å². The Morgan fingerprint density at radius 3 is 2.32 bits per heavy atom. The van der Waals surface area contributed by atoms with E-state index in [9.17, 15) is 19.2 Å². The summed E-state index contributed by atoms with van der Waals surface area (Å²) in [6.45, 7) is 7.85. The molecule has 1 aliphatic heterocycles. The fourth-order valence-electron chi connectivity index (χ4n) is 4.41. The van der Waals surface area contributed by atoms with Crippen LogP contribution in [0.2, 0.25) is 5.02 Å². The molecular formula is C22H28Cl2N2O5. The number of hydrogen-bond donors (Lipinski definition) is 1. The number of esters is 1. The quantitative estimate of drug-likeness (QED) is 0.303. The largest absolute Gasteiger partial charge is 0.460 e. The fraction of sp³-hybridized carbons (Fsp3) is 0.636. The van der Waals surface area contributed by atoms with Crippen molar-refractivity contribution in [1.29, 1.82) is 0 Å². The van der Waals surface area contributed by atoms with E-state index in [0.29, 0.717) is 44.3 Å². The van der Waals surface area contributed by atoms with Crippen molar-refractivity contribution in [2.75, 3.05) is 0 Å². The van der Waals surface area contributed by atoms with Gasteiger partial charge in [0.2, 0.25) is 0 Å². The highest BCUT2D eigenvalue weighted by Gasteiger charge is 2.39. The van der Waals surface area contributed by atoms with Gasteiger partial charge >= 0.3 is 5.97 Å². The Bertz CT molecular complexity index is 937. The van der Waals surface area contributed by atoms with Crippen LogP contribution in [0, 0.1) is 5.92 Å². The Labute approximate surface area is 191 Å². The summed E-state index contributed by atoms with van der Waals surface area (Å²) in [6, 6.07) is 0. The molecule has 0 spiro atoms. The Morgan fingerprint density at radius 1 is 1.16 bits per heavy atom. The minimum Gasteiger partial charge on any atom is -0.460 e. The summed E-state index contributed by atoms with van der Waals surface area (Å²) in [6.07, 6.45) is 3.53. The molecule has 1 N–H and O–H groups in total. The minimum absolute atomic E-state index is 0.0155. The third kappa shape index (κ3) is 4.98. The number of ether oxygens (including phenoxy) is 1. The summed E-state index contributed by atoms with van der Waals surface area (Å²) >= 11 is 11.9. The fourth-order valence-corrected chi connectivity index (χ4v) is 5.04. The van der Waals surface area contributed by atoms with E-state index in [-0.39, 0.29) is 28.2 Å². The van der Waals surface area contributed by atoms with E-state index < -0.39 is 28.1 Å². The summed E-state index contributed by atoms with van der Waals surface area (Å²) in [4.78, 5) is 49.9. The maximum atomic E-state index is 13.0. The molecule has 2 heterocycles. The zero-order valence-electron chi connectivity index (χ0n) is 18.3. The van der Waals surface area contributed by atoms with E-state index in [0.717, 1.165) is 6.42 Å². The zero-order valence-corrected chi connectivity index (χ0v) is 19.8. The van der Waals surface area contributed by atoms with Gasteiger partial charge < -0.3 is 14.6 Å². The lowest BCUT2D eigenvalue weighted by molar-refractivity contribution is -0.161. The maximum absolute atomic E-state index is 13.0. The van der Waals surface area contributed by atoms with E-state index in [1.54, 1.807) is 4.57 Å². The number of halogens is 2. The molecule has 1 aliphatic carbocycles. The van der Waals surface area contributed by atoms with Crippen molar-refractivity contribution in [3.05, 3.63) is 22.0 Å².